The molecule has 2 N–H and O–H groups in total. The summed E-state index contributed by atoms with van der Waals surface area (Å²) in [7, 11) is -3.92. The summed E-state index contributed by atoms with van der Waals surface area (Å²) in [5, 5.41) is 11.3. The first-order chi connectivity index (χ1) is 16.8. The molecule has 184 valence electrons. The van der Waals surface area contributed by atoms with Crippen molar-refractivity contribution in [1.82, 2.24) is 0 Å². The third kappa shape index (κ3) is 4.98. The molecule has 8 heteroatoms. The van der Waals surface area contributed by atoms with Crippen LogP contribution in [0, 0.1) is 11.7 Å². The number of aryl methyl sites for hydroxylation is 1. The minimum Gasteiger partial charge on any atom is -0.507 e. The van der Waals surface area contributed by atoms with Crippen LogP contribution >= 0.6 is 0 Å². The van der Waals surface area contributed by atoms with E-state index in [0.29, 0.717) is 24.3 Å². The number of hydrogen-bond acceptors (Lipinski definition) is 5. The highest BCUT2D eigenvalue weighted by molar-refractivity contribution is 7.92. The van der Waals surface area contributed by atoms with Crippen molar-refractivity contribution in [3.05, 3.63) is 87.2 Å². The Bertz CT molecular complexity index is 1390. The molecule has 35 heavy (non-hydrogen) atoms. The molecule has 0 unspecified atom stereocenters. The first kappa shape index (κ1) is 23.6. The summed E-state index contributed by atoms with van der Waals surface area (Å²) in [5.74, 6) is -0.122. The molecule has 0 aliphatic heterocycles. The Balaban J connectivity index is 1.52. The Morgan fingerprint density at radius 2 is 1.71 bits per heavy atom. The number of hydrogen-bond donors (Lipinski definition) is 2. The molecule has 0 bridgehead atoms. The largest absolute Gasteiger partial charge is 0.507 e. The summed E-state index contributed by atoms with van der Waals surface area (Å²) in [6.45, 7) is 0. The second kappa shape index (κ2) is 9.49. The van der Waals surface area contributed by atoms with E-state index in [1.165, 1.54) is 12.1 Å². The number of anilines is 1. The third-order valence-electron chi connectivity index (χ3n) is 6.92. The van der Waals surface area contributed by atoms with Crippen LogP contribution in [0.1, 0.15) is 66.9 Å². The molecule has 1 heterocycles. The number of sulfonamides is 1. The van der Waals surface area contributed by atoms with Crippen molar-refractivity contribution in [3.8, 4) is 5.75 Å². The van der Waals surface area contributed by atoms with Crippen LogP contribution in [-0.2, 0) is 22.9 Å². The van der Waals surface area contributed by atoms with Crippen LogP contribution < -0.4 is 10.3 Å². The van der Waals surface area contributed by atoms with Gasteiger partial charge in [0.05, 0.1) is 10.5 Å². The number of nitrogens with one attached hydrogen (secondary N) is 1. The lowest BCUT2D eigenvalue weighted by Gasteiger charge is -2.22. The summed E-state index contributed by atoms with van der Waals surface area (Å²) in [4.78, 5) is 13.1. The molecule has 5 rings (SSSR count). The summed E-state index contributed by atoms with van der Waals surface area (Å²) in [6.07, 6.45) is 7.16. The van der Waals surface area contributed by atoms with Crippen LogP contribution in [0.15, 0.2) is 62.6 Å². The van der Waals surface area contributed by atoms with Crippen molar-refractivity contribution < 1.29 is 22.3 Å². The summed E-state index contributed by atoms with van der Waals surface area (Å²) < 4.78 is 47.1. The normalized spacial score (nSPS) is 17.2. The number of rotatable bonds is 6. The van der Waals surface area contributed by atoms with Crippen LogP contribution in [0.25, 0.3) is 0 Å². The minimum atomic E-state index is -3.92. The Hall–Kier alpha value is -3.13. The van der Waals surface area contributed by atoms with Gasteiger partial charge in [-0.3, -0.25) is 4.72 Å². The molecular formula is C27H28FNO5S. The van der Waals surface area contributed by atoms with Crippen molar-refractivity contribution in [2.75, 3.05) is 4.72 Å². The number of fused-ring (bicyclic) bond motifs is 1. The second-order valence-corrected chi connectivity index (χ2v) is 11.2. The maximum absolute atomic E-state index is 13.2. The first-order valence-corrected chi connectivity index (χ1v) is 13.6. The zero-order valence-electron chi connectivity index (χ0n) is 19.3. The SMILES string of the molecule is O=c1oc2c(c(O)c1[C@@H](c1cccc(NS(=O)(=O)c3ccc(F)cc3)c1)C1CC1)CCCCCC2. The fourth-order valence-electron chi connectivity index (χ4n) is 5.02. The van der Waals surface area contributed by atoms with Crippen molar-refractivity contribution in [2.45, 2.75) is 62.2 Å². The molecule has 1 atom stereocenters. The highest BCUT2D eigenvalue weighted by atomic mass is 32.2. The first-order valence-electron chi connectivity index (χ1n) is 12.1. The smallest absolute Gasteiger partial charge is 0.343 e. The topological polar surface area (TPSA) is 96.6 Å². The van der Waals surface area contributed by atoms with Gasteiger partial charge >= 0.3 is 5.63 Å². The molecule has 6 nitrogen and oxygen atoms in total. The van der Waals surface area contributed by atoms with E-state index in [-0.39, 0.29) is 22.1 Å². The fraction of sp³-hybridized carbons (Fsp3) is 0.370. The van der Waals surface area contributed by atoms with Gasteiger partial charge in [0.2, 0.25) is 0 Å². The molecule has 1 aromatic heterocycles. The lowest BCUT2D eigenvalue weighted by Crippen LogP contribution is -2.19. The molecule has 1 fully saturated rings. The lowest BCUT2D eigenvalue weighted by molar-refractivity contribution is 0.382. The molecule has 0 radical (unpaired) electrons. The molecule has 2 aliphatic rings. The fourth-order valence-corrected chi connectivity index (χ4v) is 6.07. The Kier molecular flexibility index (Phi) is 6.40. The van der Waals surface area contributed by atoms with E-state index in [1.807, 2.05) is 6.07 Å². The van der Waals surface area contributed by atoms with E-state index in [4.69, 9.17) is 4.42 Å². The predicted molar refractivity (Wildman–Crippen MR) is 131 cm³/mol. The lowest BCUT2D eigenvalue weighted by atomic mass is 9.85. The third-order valence-corrected chi connectivity index (χ3v) is 8.32. The van der Waals surface area contributed by atoms with Gasteiger partial charge in [0.25, 0.3) is 10.0 Å². The second-order valence-electron chi connectivity index (χ2n) is 9.47. The molecule has 0 spiro atoms. The van der Waals surface area contributed by atoms with Gasteiger partial charge in [0.15, 0.2) is 0 Å². The van der Waals surface area contributed by atoms with Crippen LogP contribution in [-0.4, -0.2) is 13.5 Å². The van der Waals surface area contributed by atoms with Crippen molar-refractivity contribution in [2.24, 2.45) is 5.92 Å². The van der Waals surface area contributed by atoms with Crippen LogP contribution in [0.4, 0.5) is 10.1 Å². The molecule has 2 aromatic carbocycles. The van der Waals surface area contributed by atoms with Crippen molar-refractivity contribution in [3.63, 3.8) is 0 Å². The summed E-state index contributed by atoms with van der Waals surface area (Å²) in [5.41, 5.74) is 1.55. The van der Waals surface area contributed by atoms with Gasteiger partial charge in [-0.25, -0.2) is 17.6 Å². The van der Waals surface area contributed by atoms with E-state index in [1.54, 1.807) is 18.2 Å². The van der Waals surface area contributed by atoms with Crippen LogP contribution in [0.5, 0.6) is 5.75 Å². The van der Waals surface area contributed by atoms with Gasteiger partial charge in [0, 0.05) is 23.6 Å². The van der Waals surface area contributed by atoms with Gasteiger partial charge in [0.1, 0.15) is 17.3 Å². The molecule has 2 aliphatic carbocycles. The van der Waals surface area contributed by atoms with E-state index in [2.05, 4.69) is 4.72 Å². The van der Waals surface area contributed by atoms with E-state index in [0.717, 1.165) is 61.8 Å². The maximum atomic E-state index is 13.2. The molecule has 0 amide bonds. The van der Waals surface area contributed by atoms with E-state index < -0.39 is 27.4 Å². The molecule has 1 saturated carbocycles. The van der Waals surface area contributed by atoms with Crippen LogP contribution in [0.2, 0.25) is 0 Å². The van der Waals surface area contributed by atoms with Gasteiger partial charge in [-0.05, 0) is 80.0 Å². The number of aromatic hydroxyl groups is 1. The number of benzene rings is 2. The Labute approximate surface area is 203 Å². The molecular weight excluding hydrogens is 469 g/mol. The molecule has 3 aromatic rings. The predicted octanol–water partition coefficient (Wildman–Crippen LogP) is 5.49. The van der Waals surface area contributed by atoms with Gasteiger partial charge in [-0.1, -0.05) is 25.0 Å². The van der Waals surface area contributed by atoms with Gasteiger partial charge in [-0.15, -0.1) is 0 Å². The monoisotopic (exact) mass is 497 g/mol. The zero-order chi connectivity index (χ0) is 24.6. The Morgan fingerprint density at radius 1 is 1.00 bits per heavy atom. The van der Waals surface area contributed by atoms with Crippen LogP contribution in [0.3, 0.4) is 0 Å². The van der Waals surface area contributed by atoms with E-state index >= 15 is 0 Å². The zero-order valence-corrected chi connectivity index (χ0v) is 20.1. The summed E-state index contributed by atoms with van der Waals surface area (Å²) >= 11 is 0. The Morgan fingerprint density at radius 3 is 2.43 bits per heavy atom. The van der Waals surface area contributed by atoms with Crippen molar-refractivity contribution >= 4 is 15.7 Å². The minimum absolute atomic E-state index is 0.0346. The quantitative estimate of drug-likeness (QED) is 0.470. The van der Waals surface area contributed by atoms with Gasteiger partial charge < -0.3 is 9.52 Å². The number of halogens is 1. The van der Waals surface area contributed by atoms with Gasteiger partial charge in [-0.2, -0.15) is 0 Å². The van der Waals surface area contributed by atoms with Crippen molar-refractivity contribution in [1.29, 1.82) is 0 Å². The summed E-state index contributed by atoms with van der Waals surface area (Å²) in [6, 6.07) is 11.5. The maximum Gasteiger partial charge on any atom is 0.343 e. The average molecular weight is 498 g/mol. The molecule has 0 saturated heterocycles. The standard InChI is InChI=1S/C27H28FNO5S/c28-19-12-14-21(15-13-19)35(32,33)29-20-7-5-6-18(16-20)24(17-10-11-17)25-26(30)22-8-3-1-2-4-9-23(22)34-27(25)31/h5-7,12-17,24,29-30H,1-4,8-11H2/t24-/m1/s1. The average Bonchev–Trinajstić information content (AvgIpc) is 3.63. The highest BCUT2D eigenvalue weighted by Crippen LogP contribution is 2.49. The highest BCUT2D eigenvalue weighted by Gasteiger charge is 2.38. The van der Waals surface area contributed by atoms with E-state index in [9.17, 15) is 22.7 Å².